The van der Waals surface area contributed by atoms with Gasteiger partial charge in [-0.2, -0.15) is 0 Å². The molecule has 0 unspecified atom stereocenters. The molecule has 1 aromatic carbocycles. The number of para-hydroxylation sites is 1. The monoisotopic (exact) mass is 344 g/mol. The van der Waals surface area contributed by atoms with Gasteiger partial charge in [0, 0.05) is 31.7 Å². The lowest BCUT2D eigenvalue weighted by Crippen LogP contribution is -2.36. The number of esters is 1. The molecule has 2 fully saturated rings. The zero-order valence-corrected chi connectivity index (χ0v) is 14.5. The average Bonchev–Trinajstić information content (AvgIpc) is 3.28. The number of carbonyl (C=O) groups is 3. The zero-order chi connectivity index (χ0) is 17.8. The lowest BCUT2D eigenvalue weighted by molar-refractivity contribution is -0.151. The van der Waals surface area contributed by atoms with Crippen LogP contribution in [-0.2, 0) is 19.1 Å². The number of amides is 2. The first kappa shape index (κ1) is 17.5. The second kappa shape index (κ2) is 7.68. The molecule has 0 spiro atoms. The quantitative estimate of drug-likeness (QED) is 0.766. The third kappa shape index (κ3) is 4.00. The Morgan fingerprint density at radius 3 is 2.56 bits per heavy atom. The molecular weight excluding hydrogens is 320 g/mol. The summed E-state index contributed by atoms with van der Waals surface area (Å²) < 4.78 is 5.18. The maximum Gasteiger partial charge on any atom is 0.311 e. The number of likely N-dealkylation sites (N-methyl/N-ethyl adjacent to an activating group) is 1. The first-order valence-corrected chi connectivity index (χ1v) is 8.84. The van der Waals surface area contributed by atoms with Gasteiger partial charge in [0.15, 0.2) is 6.61 Å². The summed E-state index contributed by atoms with van der Waals surface area (Å²) in [7, 11) is 1.65. The van der Waals surface area contributed by atoms with Crippen molar-refractivity contribution in [3.05, 3.63) is 30.3 Å². The number of hydrogen-bond donors (Lipinski definition) is 0. The third-order valence-corrected chi connectivity index (χ3v) is 5.11. The Bertz CT molecular complexity index is 640. The number of rotatable bonds is 5. The molecule has 2 aliphatic rings. The summed E-state index contributed by atoms with van der Waals surface area (Å²) in [5, 5.41) is 0. The predicted octanol–water partition coefficient (Wildman–Crippen LogP) is 1.98. The molecule has 1 aromatic rings. The number of ether oxygens (including phenoxy) is 1. The van der Waals surface area contributed by atoms with Crippen LogP contribution in [0.2, 0.25) is 0 Å². The van der Waals surface area contributed by atoms with Gasteiger partial charge >= 0.3 is 5.97 Å². The summed E-state index contributed by atoms with van der Waals surface area (Å²) in [5.41, 5.74) is 0.743. The number of hydrogen-bond acceptors (Lipinski definition) is 4. The number of likely N-dealkylation sites (tertiary alicyclic amines) is 1. The Balaban J connectivity index is 1.49. The van der Waals surface area contributed by atoms with E-state index < -0.39 is 11.9 Å². The van der Waals surface area contributed by atoms with Crippen LogP contribution < -0.4 is 4.90 Å². The standard InChI is InChI=1S/C19H24N2O4/c1-20(15-7-3-2-4-8-15)18(23)13-25-19(24)14-11-17(22)21(12-14)16-9-5-6-10-16/h2-4,7-8,14,16H,5-6,9-13H2,1H3/t14-/m1/s1. The molecule has 6 nitrogen and oxygen atoms in total. The molecule has 134 valence electrons. The van der Waals surface area contributed by atoms with Crippen molar-refractivity contribution in [2.45, 2.75) is 38.1 Å². The molecule has 1 atom stereocenters. The Hall–Kier alpha value is -2.37. The molecule has 1 aliphatic carbocycles. The second-order valence-electron chi connectivity index (χ2n) is 6.78. The van der Waals surface area contributed by atoms with E-state index in [9.17, 15) is 14.4 Å². The largest absolute Gasteiger partial charge is 0.455 e. The van der Waals surface area contributed by atoms with Crippen LogP contribution in [0.1, 0.15) is 32.1 Å². The fourth-order valence-corrected chi connectivity index (χ4v) is 3.60. The van der Waals surface area contributed by atoms with E-state index in [4.69, 9.17) is 4.74 Å². The van der Waals surface area contributed by atoms with E-state index in [-0.39, 0.29) is 30.9 Å². The summed E-state index contributed by atoms with van der Waals surface area (Å²) in [4.78, 5) is 39.9. The van der Waals surface area contributed by atoms with Gasteiger partial charge in [-0.25, -0.2) is 0 Å². The van der Waals surface area contributed by atoms with Gasteiger partial charge in [0.05, 0.1) is 5.92 Å². The summed E-state index contributed by atoms with van der Waals surface area (Å²) in [6, 6.07) is 9.45. The smallest absolute Gasteiger partial charge is 0.311 e. The van der Waals surface area contributed by atoms with E-state index in [1.165, 1.54) is 4.90 Å². The van der Waals surface area contributed by atoms with E-state index in [0.717, 1.165) is 31.4 Å². The number of nitrogens with zero attached hydrogens (tertiary/aromatic N) is 2. The molecule has 25 heavy (non-hydrogen) atoms. The highest BCUT2D eigenvalue weighted by Gasteiger charge is 2.39. The van der Waals surface area contributed by atoms with Gasteiger partial charge < -0.3 is 14.5 Å². The topological polar surface area (TPSA) is 66.9 Å². The summed E-state index contributed by atoms with van der Waals surface area (Å²) in [6.07, 6.45) is 4.52. The van der Waals surface area contributed by atoms with Crippen molar-refractivity contribution in [3.8, 4) is 0 Å². The molecule has 6 heteroatoms. The summed E-state index contributed by atoms with van der Waals surface area (Å²) in [6.45, 7) is 0.114. The molecule has 1 heterocycles. The van der Waals surface area contributed by atoms with Gasteiger partial charge in [-0.15, -0.1) is 0 Å². The van der Waals surface area contributed by atoms with E-state index in [2.05, 4.69) is 0 Å². The summed E-state index contributed by atoms with van der Waals surface area (Å²) >= 11 is 0. The average molecular weight is 344 g/mol. The lowest BCUT2D eigenvalue weighted by atomic mass is 10.1. The fraction of sp³-hybridized carbons (Fsp3) is 0.526. The van der Waals surface area contributed by atoms with E-state index in [1.54, 1.807) is 7.05 Å². The van der Waals surface area contributed by atoms with Crippen molar-refractivity contribution >= 4 is 23.5 Å². The van der Waals surface area contributed by atoms with Gasteiger partial charge in [-0.05, 0) is 25.0 Å². The van der Waals surface area contributed by atoms with Crippen LogP contribution in [0.25, 0.3) is 0 Å². The Morgan fingerprint density at radius 1 is 1.20 bits per heavy atom. The minimum atomic E-state index is -0.456. The van der Waals surface area contributed by atoms with Gasteiger partial charge in [-0.3, -0.25) is 14.4 Å². The normalized spacial score (nSPS) is 20.8. The van der Waals surface area contributed by atoms with Crippen LogP contribution in [0.4, 0.5) is 5.69 Å². The molecule has 0 bridgehead atoms. The van der Waals surface area contributed by atoms with E-state index in [1.807, 2.05) is 35.2 Å². The molecule has 0 N–H and O–H groups in total. The number of benzene rings is 1. The van der Waals surface area contributed by atoms with Crippen molar-refractivity contribution in [1.82, 2.24) is 4.90 Å². The van der Waals surface area contributed by atoms with Crippen molar-refractivity contribution in [1.29, 1.82) is 0 Å². The highest BCUT2D eigenvalue weighted by atomic mass is 16.5. The number of anilines is 1. The zero-order valence-electron chi connectivity index (χ0n) is 14.5. The van der Waals surface area contributed by atoms with Crippen LogP contribution in [0.5, 0.6) is 0 Å². The van der Waals surface area contributed by atoms with Crippen LogP contribution in [0, 0.1) is 5.92 Å². The minimum Gasteiger partial charge on any atom is -0.455 e. The predicted molar refractivity (Wildman–Crippen MR) is 92.9 cm³/mol. The maximum atomic E-state index is 12.2. The maximum absolute atomic E-state index is 12.2. The highest BCUT2D eigenvalue weighted by Crippen LogP contribution is 2.29. The van der Waals surface area contributed by atoms with E-state index >= 15 is 0 Å². The van der Waals surface area contributed by atoms with Gasteiger partial charge in [-0.1, -0.05) is 31.0 Å². The highest BCUT2D eigenvalue weighted by molar-refractivity contribution is 5.95. The van der Waals surface area contributed by atoms with Crippen molar-refractivity contribution < 1.29 is 19.1 Å². The minimum absolute atomic E-state index is 0.0292. The van der Waals surface area contributed by atoms with E-state index in [0.29, 0.717) is 6.54 Å². The third-order valence-electron chi connectivity index (χ3n) is 5.11. The molecule has 2 amide bonds. The van der Waals surface area contributed by atoms with Crippen LogP contribution in [0.3, 0.4) is 0 Å². The summed E-state index contributed by atoms with van der Waals surface area (Å²) in [5.74, 6) is -1.18. The number of carbonyl (C=O) groups excluding carboxylic acids is 3. The first-order valence-electron chi connectivity index (χ1n) is 8.84. The molecule has 1 saturated heterocycles. The molecule has 0 radical (unpaired) electrons. The molecule has 3 rings (SSSR count). The first-order chi connectivity index (χ1) is 12.1. The molecule has 1 saturated carbocycles. The SMILES string of the molecule is CN(C(=O)COC(=O)[C@@H]1CC(=O)N(C2CCCC2)C1)c1ccccc1. The van der Waals surface area contributed by atoms with Crippen LogP contribution >= 0.6 is 0 Å². The molecule has 1 aliphatic heterocycles. The van der Waals surface area contributed by atoms with Gasteiger partial charge in [0.1, 0.15) is 0 Å². The van der Waals surface area contributed by atoms with Crippen molar-refractivity contribution in [2.75, 3.05) is 25.1 Å². The Kier molecular flexibility index (Phi) is 5.36. The van der Waals surface area contributed by atoms with Crippen LogP contribution in [-0.4, -0.2) is 48.9 Å². The molecular formula is C19H24N2O4. The fourth-order valence-electron chi connectivity index (χ4n) is 3.60. The molecule has 0 aromatic heterocycles. The van der Waals surface area contributed by atoms with Crippen molar-refractivity contribution in [3.63, 3.8) is 0 Å². The van der Waals surface area contributed by atoms with Crippen LogP contribution in [0.15, 0.2) is 30.3 Å². The second-order valence-corrected chi connectivity index (χ2v) is 6.78. The van der Waals surface area contributed by atoms with Gasteiger partial charge in [0.2, 0.25) is 5.91 Å². The lowest BCUT2D eigenvalue weighted by Gasteiger charge is -2.23. The Morgan fingerprint density at radius 2 is 1.88 bits per heavy atom. The van der Waals surface area contributed by atoms with Gasteiger partial charge in [0.25, 0.3) is 5.91 Å². The van der Waals surface area contributed by atoms with Crippen molar-refractivity contribution in [2.24, 2.45) is 5.92 Å². The Labute approximate surface area is 147 Å².